The number of carbonyl (C=O) groups is 2. The van der Waals surface area contributed by atoms with Gasteiger partial charge in [0.15, 0.2) is 12.2 Å². The van der Waals surface area contributed by atoms with Crippen LogP contribution in [0.25, 0.3) is 0 Å². The molecule has 21 heavy (non-hydrogen) atoms. The van der Waals surface area contributed by atoms with E-state index in [1.165, 1.54) is 23.9 Å². The molecular weight excluding hydrogens is 272 g/mol. The summed E-state index contributed by atoms with van der Waals surface area (Å²) < 4.78 is 5.50. The van der Waals surface area contributed by atoms with E-state index in [0.29, 0.717) is 0 Å². The number of rotatable bonds is 6. The second kappa shape index (κ2) is 7.75. The Morgan fingerprint density at radius 2 is 1.57 bits per heavy atom. The number of likely N-dealkylation sites (N-methyl/N-ethyl adjacent to an activating group) is 2. The third-order valence-corrected chi connectivity index (χ3v) is 2.94. The van der Waals surface area contributed by atoms with Crippen molar-refractivity contribution in [1.29, 1.82) is 0 Å². The Morgan fingerprint density at radius 1 is 1.05 bits per heavy atom. The minimum absolute atomic E-state index is 0.142. The monoisotopic (exact) mass is 294 g/mol. The van der Waals surface area contributed by atoms with Gasteiger partial charge in [-0.25, -0.2) is 0 Å². The van der Waals surface area contributed by atoms with E-state index in [-0.39, 0.29) is 6.61 Å². The maximum atomic E-state index is 12.1. The predicted octanol–water partition coefficient (Wildman–Crippen LogP) is 0.109. The van der Waals surface area contributed by atoms with Crippen molar-refractivity contribution in [3.8, 4) is 0 Å². The highest BCUT2D eigenvalue weighted by atomic mass is 16.5. The Kier molecular flexibility index (Phi) is 6.33. The standard InChI is InChI=1S/C15H22N2O4/c1-16(2)14(19)12(18)13(15(20)17(3)4)21-10-11-8-6-5-7-9-11/h5-9,12-13,18H,10H2,1-4H3/t12-,13-/m0/s1. The molecule has 1 aromatic rings. The molecule has 0 aliphatic heterocycles. The first-order chi connectivity index (χ1) is 9.84. The van der Waals surface area contributed by atoms with Crippen LogP contribution in [0, 0.1) is 0 Å². The van der Waals surface area contributed by atoms with Crippen molar-refractivity contribution in [2.75, 3.05) is 28.2 Å². The topological polar surface area (TPSA) is 70.1 Å². The van der Waals surface area contributed by atoms with Crippen LogP contribution in [-0.2, 0) is 20.9 Å². The van der Waals surface area contributed by atoms with E-state index < -0.39 is 24.0 Å². The lowest BCUT2D eigenvalue weighted by molar-refractivity contribution is -0.161. The lowest BCUT2D eigenvalue weighted by Crippen LogP contribution is -2.50. The molecule has 6 heteroatoms. The Balaban J connectivity index is 2.82. The molecular formula is C15H22N2O4. The fraction of sp³-hybridized carbons (Fsp3) is 0.467. The van der Waals surface area contributed by atoms with Crippen LogP contribution < -0.4 is 0 Å². The second-order valence-electron chi connectivity index (χ2n) is 5.13. The smallest absolute Gasteiger partial charge is 0.254 e. The number of hydrogen-bond donors (Lipinski definition) is 1. The number of amides is 2. The Hall–Kier alpha value is -1.92. The van der Waals surface area contributed by atoms with E-state index >= 15 is 0 Å². The zero-order valence-electron chi connectivity index (χ0n) is 12.8. The number of aliphatic hydroxyl groups excluding tert-OH is 1. The van der Waals surface area contributed by atoms with Crippen molar-refractivity contribution >= 4 is 11.8 Å². The molecule has 2 amide bonds. The summed E-state index contributed by atoms with van der Waals surface area (Å²) in [5.74, 6) is -1.02. The van der Waals surface area contributed by atoms with Crippen LogP contribution in [0.2, 0.25) is 0 Å². The van der Waals surface area contributed by atoms with Crippen LogP contribution >= 0.6 is 0 Å². The van der Waals surface area contributed by atoms with Crippen molar-refractivity contribution in [1.82, 2.24) is 9.80 Å². The lowest BCUT2D eigenvalue weighted by Gasteiger charge is -2.26. The molecule has 1 rings (SSSR count). The zero-order valence-corrected chi connectivity index (χ0v) is 12.8. The van der Waals surface area contributed by atoms with Crippen LogP contribution in [0.15, 0.2) is 30.3 Å². The summed E-state index contributed by atoms with van der Waals surface area (Å²) in [6, 6.07) is 9.26. The van der Waals surface area contributed by atoms with Gasteiger partial charge in [-0.05, 0) is 5.56 Å². The van der Waals surface area contributed by atoms with Gasteiger partial charge in [0.2, 0.25) is 0 Å². The van der Waals surface area contributed by atoms with Gasteiger partial charge in [0.25, 0.3) is 11.8 Å². The molecule has 2 atom stereocenters. The van der Waals surface area contributed by atoms with Gasteiger partial charge in [-0.1, -0.05) is 30.3 Å². The highest BCUT2D eigenvalue weighted by Crippen LogP contribution is 2.10. The molecule has 0 aromatic heterocycles. The quantitative estimate of drug-likeness (QED) is 0.808. The second-order valence-corrected chi connectivity index (χ2v) is 5.13. The number of ether oxygens (including phenoxy) is 1. The summed E-state index contributed by atoms with van der Waals surface area (Å²) >= 11 is 0. The van der Waals surface area contributed by atoms with Gasteiger partial charge in [-0.3, -0.25) is 9.59 Å². The molecule has 0 aliphatic carbocycles. The van der Waals surface area contributed by atoms with Gasteiger partial charge < -0.3 is 19.6 Å². The van der Waals surface area contributed by atoms with Crippen molar-refractivity contribution < 1.29 is 19.4 Å². The fourth-order valence-corrected chi connectivity index (χ4v) is 1.71. The van der Waals surface area contributed by atoms with Crippen LogP contribution in [0.3, 0.4) is 0 Å². The van der Waals surface area contributed by atoms with Crippen LogP contribution in [-0.4, -0.2) is 67.1 Å². The zero-order chi connectivity index (χ0) is 16.0. The number of hydrogen-bond acceptors (Lipinski definition) is 4. The SMILES string of the molecule is CN(C)C(=O)[C@@H](O)[C@H](OCc1ccccc1)C(=O)N(C)C. The molecule has 0 bridgehead atoms. The summed E-state index contributed by atoms with van der Waals surface area (Å²) in [6.45, 7) is 0.142. The van der Waals surface area contributed by atoms with Crippen molar-refractivity contribution in [3.05, 3.63) is 35.9 Å². The van der Waals surface area contributed by atoms with Crippen molar-refractivity contribution in [2.24, 2.45) is 0 Å². The first-order valence-electron chi connectivity index (χ1n) is 6.60. The van der Waals surface area contributed by atoms with Gasteiger partial charge in [0.1, 0.15) is 0 Å². The van der Waals surface area contributed by atoms with Crippen molar-refractivity contribution in [3.63, 3.8) is 0 Å². The first-order valence-corrected chi connectivity index (χ1v) is 6.60. The van der Waals surface area contributed by atoms with E-state index in [2.05, 4.69) is 0 Å². The van der Waals surface area contributed by atoms with Gasteiger partial charge >= 0.3 is 0 Å². The van der Waals surface area contributed by atoms with Crippen LogP contribution in [0.4, 0.5) is 0 Å². The van der Waals surface area contributed by atoms with Gasteiger partial charge in [-0.15, -0.1) is 0 Å². The van der Waals surface area contributed by atoms with E-state index in [1.54, 1.807) is 14.1 Å². The summed E-state index contributed by atoms with van der Waals surface area (Å²) in [7, 11) is 6.13. The number of carbonyl (C=O) groups excluding carboxylic acids is 2. The number of nitrogens with zero attached hydrogens (tertiary/aromatic N) is 2. The predicted molar refractivity (Wildman–Crippen MR) is 78.4 cm³/mol. The number of aliphatic hydroxyl groups is 1. The Labute approximate surface area is 124 Å². The molecule has 0 unspecified atom stereocenters. The van der Waals surface area contributed by atoms with E-state index in [1.807, 2.05) is 30.3 Å². The third kappa shape index (κ3) is 4.84. The summed E-state index contributed by atoms with van der Waals surface area (Å²) in [4.78, 5) is 26.5. The maximum absolute atomic E-state index is 12.1. The molecule has 0 saturated heterocycles. The minimum atomic E-state index is -1.53. The molecule has 0 fully saturated rings. The van der Waals surface area contributed by atoms with Gasteiger partial charge in [0, 0.05) is 28.2 Å². The molecule has 6 nitrogen and oxygen atoms in total. The molecule has 0 spiro atoms. The normalized spacial score (nSPS) is 13.4. The van der Waals surface area contributed by atoms with Crippen LogP contribution in [0.5, 0.6) is 0 Å². The van der Waals surface area contributed by atoms with E-state index in [9.17, 15) is 14.7 Å². The average Bonchev–Trinajstić information content (AvgIpc) is 2.46. The molecule has 1 N–H and O–H groups in total. The largest absolute Gasteiger partial charge is 0.380 e. The fourth-order valence-electron chi connectivity index (χ4n) is 1.71. The molecule has 1 aromatic carbocycles. The van der Waals surface area contributed by atoms with Gasteiger partial charge in [0.05, 0.1) is 6.61 Å². The maximum Gasteiger partial charge on any atom is 0.254 e. The summed E-state index contributed by atoms with van der Waals surface area (Å²) in [5.41, 5.74) is 0.860. The van der Waals surface area contributed by atoms with E-state index in [0.717, 1.165) is 5.56 Å². The molecule has 0 saturated carbocycles. The number of benzene rings is 1. The molecule has 0 heterocycles. The van der Waals surface area contributed by atoms with Crippen LogP contribution in [0.1, 0.15) is 5.56 Å². The average molecular weight is 294 g/mol. The molecule has 0 radical (unpaired) electrons. The third-order valence-electron chi connectivity index (χ3n) is 2.94. The summed E-state index contributed by atoms with van der Waals surface area (Å²) in [5, 5.41) is 10.1. The highest BCUT2D eigenvalue weighted by Gasteiger charge is 2.35. The highest BCUT2D eigenvalue weighted by molar-refractivity contribution is 5.90. The lowest BCUT2D eigenvalue weighted by atomic mass is 10.1. The molecule has 116 valence electrons. The Morgan fingerprint density at radius 3 is 2.05 bits per heavy atom. The Bertz CT molecular complexity index is 474. The minimum Gasteiger partial charge on any atom is -0.380 e. The van der Waals surface area contributed by atoms with Gasteiger partial charge in [-0.2, -0.15) is 0 Å². The van der Waals surface area contributed by atoms with Crippen molar-refractivity contribution in [2.45, 2.75) is 18.8 Å². The van der Waals surface area contributed by atoms with E-state index in [4.69, 9.17) is 4.74 Å². The first kappa shape index (κ1) is 17.1. The molecule has 0 aliphatic rings. The summed E-state index contributed by atoms with van der Waals surface area (Å²) in [6.07, 6.45) is -2.76.